The fourth-order valence-corrected chi connectivity index (χ4v) is 5.36. The Bertz CT molecular complexity index is 1770. The van der Waals surface area contributed by atoms with Crippen LogP contribution in [-0.2, 0) is 21.4 Å². The van der Waals surface area contributed by atoms with Crippen molar-refractivity contribution in [3.63, 3.8) is 0 Å². The molecule has 8 nitrogen and oxygen atoms in total. The van der Waals surface area contributed by atoms with Crippen LogP contribution in [0.2, 0.25) is 5.02 Å². The molecule has 0 unspecified atom stereocenters. The third-order valence-electron chi connectivity index (χ3n) is 6.05. The summed E-state index contributed by atoms with van der Waals surface area (Å²) in [5.74, 6) is -1.34. The minimum atomic E-state index is -4.20. The van der Waals surface area contributed by atoms with E-state index in [1.165, 1.54) is 35.2 Å². The van der Waals surface area contributed by atoms with Crippen molar-refractivity contribution in [3.05, 3.63) is 101 Å². The van der Waals surface area contributed by atoms with Crippen molar-refractivity contribution in [2.45, 2.75) is 11.4 Å². The lowest BCUT2D eigenvalue weighted by Crippen LogP contribution is -2.36. The summed E-state index contributed by atoms with van der Waals surface area (Å²) in [5, 5.41) is 12.0. The second kappa shape index (κ2) is 9.76. The van der Waals surface area contributed by atoms with Crippen molar-refractivity contribution in [3.8, 4) is 0 Å². The van der Waals surface area contributed by atoms with E-state index in [1.54, 1.807) is 0 Å². The highest BCUT2D eigenvalue weighted by molar-refractivity contribution is 7.89. The molecular formula is C26H19ClFN5O3S2. The number of anilines is 2. The second-order valence-electron chi connectivity index (χ2n) is 8.42. The first kappa shape index (κ1) is 25.7. The zero-order chi connectivity index (χ0) is 27.2. The van der Waals surface area contributed by atoms with E-state index in [-0.39, 0.29) is 38.5 Å². The maximum atomic E-state index is 14.6. The van der Waals surface area contributed by atoms with Crippen molar-refractivity contribution >= 4 is 72.7 Å². The minimum Gasteiger partial charge on any atom is -0.374 e. The van der Waals surface area contributed by atoms with Crippen LogP contribution in [0.15, 0.2) is 88.9 Å². The summed E-state index contributed by atoms with van der Waals surface area (Å²) < 4.78 is 39.0. The van der Waals surface area contributed by atoms with E-state index in [4.69, 9.17) is 34.7 Å². The van der Waals surface area contributed by atoms with Gasteiger partial charge >= 0.3 is 0 Å². The first-order valence-electron chi connectivity index (χ1n) is 11.1. The highest BCUT2D eigenvalue weighted by Crippen LogP contribution is 2.36. The summed E-state index contributed by atoms with van der Waals surface area (Å²) in [6, 6.07) is 21.5. The van der Waals surface area contributed by atoms with Crippen molar-refractivity contribution in [1.29, 1.82) is 0 Å². The van der Waals surface area contributed by atoms with Gasteiger partial charge in [0.1, 0.15) is 10.7 Å². The molecule has 0 radical (unpaired) electrons. The lowest BCUT2D eigenvalue weighted by molar-refractivity contribution is -0.112. The Hall–Kier alpha value is -3.90. The van der Waals surface area contributed by atoms with Crippen LogP contribution in [0.4, 0.5) is 15.8 Å². The molecule has 0 saturated heterocycles. The third kappa shape index (κ3) is 4.61. The largest absolute Gasteiger partial charge is 0.374 e. The highest BCUT2D eigenvalue weighted by atomic mass is 35.5. The van der Waals surface area contributed by atoms with Crippen LogP contribution in [0.1, 0.15) is 11.1 Å². The first-order chi connectivity index (χ1) is 18.1. The number of hydrogen-bond acceptors (Lipinski definition) is 5. The van der Waals surface area contributed by atoms with Crippen LogP contribution in [0.5, 0.6) is 0 Å². The zero-order valence-electron chi connectivity index (χ0n) is 19.5. The number of hydrogen-bond donors (Lipinski definition) is 2. The van der Waals surface area contributed by atoms with Gasteiger partial charge in [0, 0.05) is 5.56 Å². The SMILES string of the molecule is NC(=S)N(/N=C1\C(=O)N(Cc2cccc3ccccc23)c2cc(Cl)c(F)cc21)c1ccccc1S(N)(=O)=O. The quantitative estimate of drug-likeness (QED) is 0.274. The van der Waals surface area contributed by atoms with Gasteiger partial charge in [-0.25, -0.2) is 23.0 Å². The Kier molecular flexibility index (Phi) is 6.61. The highest BCUT2D eigenvalue weighted by Gasteiger charge is 2.37. The van der Waals surface area contributed by atoms with Gasteiger partial charge in [-0.2, -0.15) is 5.10 Å². The van der Waals surface area contributed by atoms with Gasteiger partial charge in [0.05, 0.1) is 22.9 Å². The summed E-state index contributed by atoms with van der Waals surface area (Å²) in [6.45, 7) is 0.134. The maximum absolute atomic E-state index is 14.6. The molecule has 4 aromatic carbocycles. The predicted molar refractivity (Wildman–Crippen MR) is 150 cm³/mol. The van der Waals surface area contributed by atoms with Crippen LogP contribution < -0.4 is 20.8 Å². The molecule has 0 fully saturated rings. The molecule has 12 heteroatoms. The second-order valence-corrected chi connectivity index (χ2v) is 10.8. The third-order valence-corrected chi connectivity index (χ3v) is 7.47. The van der Waals surface area contributed by atoms with Crippen molar-refractivity contribution < 1.29 is 17.6 Å². The van der Waals surface area contributed by atoms with E-state index >= 15 is 0 Å². The number of nitrogens with two attached hydrogens (primary N) is 2. The van der Waals surface area contributed by atoms with Gasteiger partial charge in [-0.3, -0.25) is 4.79 Å². The minimum absolute atomic E-state index is 0.0636. The van der Waals surface area contributed by atoms with E-state index in [0.29, 0.717) is 5.69 Å². The Morgan fingerprint density at radius 1 is 1.05 bits per heavy atom. The fraction of sp³-hybridized carbons (Fsp3) is 0.0385. The van der Waals surface area contributed by atoms with Crippen LogP contribution in [0.3, 0.4) is 0 Å². The average Bonchev–Trinajstić information content (AvgIpc) is 3.12. The molecule has 0 aromatic heterocycles. The van der Waals surface area contributed by atoms with Gasteiger partial charge in [0.15, 0.2) is 10.8 Å². The number of fused-ring (bicyclic) bond motifs is 2. The summed E-state index contributed by atoms with van der Waals surface area (Å²) in [4.78, 5) is 14.9. The van der Waals surface area contributed by atoms with Crippen molar-refractivity contribution in [2.24, 2.45) is 16.0 Å². The lowest BCUT2D eigenvalue weighted by atomic mass is 10.0. The van der Waals surface area contributed by atoms with E-state index in [9.17, 15) is 17.6 Å². The lowest BCUT2D eigenvalue weighted by Gasteiger charge is -2.20. The Labute approximate surface area is 227 Å². The molecule has 38 heavy (non-hydrogen) atoms. The molecule has 4 aromatic rings. The molecule has 0 aliphatic carbocycles. The Balaban J connectivity index is 1.67. The molecule has 1 heterocycles. The van der Waals surface area contributed by atoms with Gasteiger partial charge in [-0.15, -0.1) is 0 Å². The standard InChI is InChI=1S/C26H19ClFN5O3S2/c27-19-13-22-18(12-20(19)28)24(31-33(26(29)37)21-10-3-4-11-23(21)38(30,35)36)25(34)32(22)14-16-8-5-7-15-6-1-2-9-17(15)16/h1-13H,14H2,(H2,29,37)(H2,30,35,36)/b31-24-. The number of thiocarbonyl (C=S) groups is 1. The molecule has 5 rings (SSSR count). The smallest absolute Gasteiger partial charge is 0.279 e. The number of rotatable bonds is 5. The van der Waals surface area contributed by atoms with Gasteiger partial charge in [0.25, 0.3) is 5.91 Å². The molecule has 0 spiro atoms. The number of carbonyl (C=O) groups is 1. The number of sulfonamides is 1. The number of nitrogens with zero attached hydrogens (tertiary/aromatic N) is 3. The Morgan fingerprint density at radius 3 is 2.47 bits per heavy atom. The van der Waals surface area contributed by atoms with Gasteiger partial charge in [0.2, 0.25) is 10.0 Å². The van der Waals surface area contributed by atoms with E-state index in [1.807, 2.05) is 42.5 Å². The van der Waals surface area contributed by atoms with Gasteiger partial charge in [-0.05, 0) is 52.8 Å². The number of halogens is 2. The summed E-state index contributed by atoms with van der Waals surface area (Å²) in [7, 11) is -4.20. The summed E-state index contributed by atoms with van der Waals surface area (Å²) in [5.41, 5.74) is 6.95. The molecule has 0 saturated carbocycles. The monoisotopic (exact) mass is 567 g/mol. The predicted octanol–water partition coefficient (Wildman–Crippen LogP) is 4.28. The molecule has 0 bridgehead atoms. The number of para-hydroxylation sites is 1. The van der Waals surface area contributed by atoms with Crippen LogP contribution in [-0.4, -0.2) is 25.1 Å². The average molecular weight is 568 g/mol. The fourth-order valence-electron chi connectivity index (χ4n) is 4.35. The zero-order valence-corrected chi connectivity index (χ0v) is 21.9. The van der Waals surface area contributed by atoms with Crippen molar-refractivity contribution in [1.82, 2.24) is 0 Å². The van der Waals surface area contributed by atoms with E-state index in [0.717, 1.165) is 27.4 Å². The Morgan fingerprint density at radius 2 is 1.74 bits per heavy atom. The van der Waals surface area contributed by atoms with Crippen LogP contribution in [0, 0.1) is 5.82 Å². The first-order valence-corrected chi connectivity index (χ1v) is 13.5. The summed E-state index contributed by atoms with van der Waals surface area (Å²) in [6.07, 6.45) is 0. The molecular weight excluding hydrogens is 549 g/mol. The van der Waals surface area contributed by atoms with Gasteiger partial charge in [-0.1, -0.05) is 66.2 Å². The maximum Gasteiger partial charge on any atom is 0.279 e. The number of carbonyl (C=O) groups excluding carboxylic acids is 1. The van der Waals surface area contributed by atoms with Crippen LogP contribution in [0.25, 0.3) is 10.8 Å². The van der Waals surface area contributed by atoms with E-state index in [2.05, 4.69) is 5.10 Å². The summed E-state index contributed by atoms with van der Waals surface area (Å²) >= 11 is 11.2. The number of primary sulfonamides is 1. The number of hydrazone groups is 1. The topological polar surface area (TPSA) is 122 Å². The van der Waals surface area contributed by atoms with Crippen LogP contribution >= 0.6 is 23.8 Å². The van der Waals surface area contributed by atoms with Gasteiger partial charge < -0.3 is 10.6 Å². The van der Waals surface area contributed by atoms with Crippen molar-refractivity contribution in [2.75, 3.05) is 9.91 Å². The number of amides is 1. The molecule has 1 amide bonds. The number of benzene rings is 4. The molecule has 192 valence electrons. The normalized spacial score (nSPS) is 14.2. The van der Waals surface area contributed by atoms with E-state index < -0.39 is 21.7 Å². The molecule has 1 aliphatic heterocycles. The molecule has 4 N–H and O–H groups in total. The molecule has 1 aliphatic rings. The molecule has 0 atom stereocenters.